The van der Waals surface area contributed by atoms with Crippen LogP contribution in [0.4, 0.5) is 17.6 Å². The first kappa shape index (κ1) is 16.9. The number of hydrogen-bond acceptors (Lipinski definition) is 2. The Morgan fingerprint density at radius 2 is 1.75 bits per heavy atom. The summed E-state index contributed by atoms with van der Waals surface area (Å²) in [4.78, 5) is 1.30. The first-order valence-electron chi connectivity index (χ1n) is 6.56. The number of rotatable bonds is 6. The Hall–Kier alpha value is -1.14. The molecule has 0 bridgehead atoms. The minimum Gasteiger partial charge on any atom is -0.326 e. The predicted octanol–water partition coefficient (Wildman–Crippen LogP) is 3.49. The second-order valence-corrected chi connectivity index (χ2v) is 4.94. The average Bonchev–Trinajstić information content (AvgIpc) is 2.29. The Kier molecular flexibility index (Phi) is 5.95. The number of nitrogens with two attached hydrogens (primary N) is 1. The van der Waals surface area contributed by atoms with E-state index in [0.29, 0.717) is 12.0 Å². The van der Waals surface area contributed by atoms with Gasteiger partial charge in [0.2, 0.25) is 0 Å². The highest BCUT2D eigenvalue weighted by Crippen LogP contribution is 2.28. The highest BCUT2D eigenvalue weighted by atomic mass is 19.4. The van der Waals surface area contributed by atoms with Crippen molar-refractivity contribution in [3.8, 4) is 0 Å². The lowest BCUT2D eigenvalue weighted by Crippen LogP contribution is -2.44. The van der Waals surface area contributed by atoms with Crippen LogP contribution in [0.15, 0.2) is 24.3 Å². The van der Waals surface area contributed by atoms with E-state index in [1.165, 1.54) is 29.2 Å². The van der Waals surface area contributed by atoms with E-state index >= 15 is 0 Å². The molecule has 0 saturated carbocycles. The standard InChI is InChI=1S/C14H20F4N2/c1-3-8-20(9-14(16,17)18)13(10(2)19)11-4-6-12(15)7-5-11/h4-7,10,13H,3,8-9,19H2,1-2H3. The molecule has 0 aromatic heterocycles. The van der Waals surface area contributed by atoms with Gasteiger partial charge in [-0.1, -0.05) is 19.1 Å². The van der Waals surface area contributed by atoms with Crippen LogP contribution in [0.2, 0.25) is 0 Å². The summed E-state index contributed by atoms with van der Waals surface area (Å²) in [6.45, 7) is 2.73. The van der Waals surface area contributed by atoms with Crippen LogP contribution in [-0.2, 0) is 0 Å². The molecule has 0 aliphatic carbocycles. The third-order valence-corrected chi connectivity index (χ3v) is 3.00. The van der Waals surface area contributed by atoms with Crippen LogP contribution in [0.1, 0.15) is 31.9 Å². The number of halogens is 4. The molecule has 2 unspecified atom stereocenters. The van der Waals surface area contributed by atoms with Gasteiger partial charge in [0.05, 0.1) is 6.54 Å². The maximum absolute atomic E-state index is 12.9. The van der Waals surface area contributed by atoms with Crippen molar-refractivity contribution in [3.05, 3.63) is 35.6 Å². The van der Waals surface area contributed by atoms with Crippen LogP contribution in [-0.4, -0.2) is 30.2 Å². The van der Waals surface area contributed by atoms with Gasteiger partial charge in [0, 0.05) is 12.1 Å². The second-order valence-electron chi connectivity index (χ2n) is 4.94. The zero-order valence-corrected chi connectivity index (χ0v) is 11.6. The van der Waals surface area contributed by atoms with Gasteiger partial charge in [-0.15, -0.1) is 0 Å². The number of alkyl halides is 3. The fourth-order valence-corrected chi connectivity index (χ4v) is 2.34. The summed E-state index contributed by atoms with van der Waals surface area (Å²) in [5, 5.41) is 0. The van der Waals surface area contributed by atoms with Crippen molar-refractivity contribution in [3.63, 3.8) is 0 Å². The van der Waals surface area contributed by atoms with Gasteiger partial charge in [-0.05, 0) is 37.6 Å². The van der Waals surface area contributed by atoms with Gasteiger partial charge in [0.15, 0.2) is 0 Å². The summed E-state index contributed by atoms with van der Waals surface area (Å²) in [6, 6.07) is 4.38. The average molecular weight is 292 g/mol. The molecule has 0 aliphatic rings. The van der Waals surface area contributed by atoms with Crippen molar-refractivity contribution in [2.75, 3.05) is 13.1 Å². The van der Waals surface area contributed by atoms with Crippen molar-refractivity contribution < 1.29 is 17.6 Å². The van der Waals surface area contributed by atoms with Crippen molar-refractivity contribution >= 4 is 0 Å². The normalized spacial score (nSPS) is 15.4. The molecule has 1 rings (SSSR count). The van der Waals surface area contributed by atoms with Crippen LogP contribution in [0.25, 0.3) is 0 Å². The van der Waals surface area contributed by atoms with Gasteiger partial charge in [-0.25, -0.2) is 4.39 Å². The van der Waals surface area contributed by atoms with Crippen molar-refractivity contribution in [1.29, 1.82) is 0 Å². The Bertz CT molecular complexity index is 401. The summed E-state index contributed by atoms with van der Waals surface area (Å²) in [7, 11) is 0. The van der Waals surface area contributed by atoms with E-state index in [1.807, 2.05) is 6.92 Å². The quantitative estimate of drug-likeness (QED) is 0.813. The van der Waals surface area contributed by atoms with E-state index in [4.69, 9.17) is 5.73 Å². The fraction of sp³-hybridized carbons (Fsp3) is 0.571. The van der Waals surface area contributed by atoms with Crippen LogP contribution in [0.3, 0.4) is 0 Å². The smallest absolute Gasteiger partial charge is 0.326 e. The molecule has 0 aliphatic heterocycles. The molecule has 0 amide bonds. The van der Waals surface area contributed by atoms with Crippen LogP contribution < -0.4 is 5.73 Å². The van der Waals surface area contributed by atoms with Crippen molar-refractivity contribution in [2.24, 2.45) is 5.73 Å². The van der Waals surface area contributed by atoms with E-state index in [0.717, 1.165) is 0 Å². The zero-order valence-electron chi connectivity index (χ0n) is 11.6. The van der Waals surface area contributed by atoms with Crippen molar-refractivity contribution in [2.45, 2.75) is 38.5 Å². The Labute approximate surface area is 116 Å². The molecule has 0 fully saturated rings. The van der Waals surface area contributed by atoms with Crippen LogP contribution in [0, 0.1) is 5.82 Å². The molecule has 0 heterocycles. The molecule has 0 spiro atoms. The highest BCUT2D eigenvalue weighted by molar-refractivity contribution is 5.21. The van der Waals surface area contributed by atoms with Gasteiger partial charge in [0.25, 0.3) is 0 Å². The van der Waals surface area contributed by atoms with Gasteiger partial charge >= 0.3 is 6.18 Å². The summed E-state index contributed by atoms with van der Waals surface area (Å²) in [6.07, 6.45) is -3.71. The predicted molar refractivity (Wildman–Crippen MR) is 70.7 cm³/mol. The SMILES string of the molecule is CCCN(CC(F)(F)F)C(c1ccc(F)cc1)C(C)N. The molecule has 2 atom stereocenters. The topological polar surface area (TPSA) is 29.3 Å². The van der Waals surface area contributed by atoms with E-state index in [1.54, 1.807) is 6.92 Å². The van der Waals surface area contributed by atoms with Gasteiger partial charge in [-0.2, -0.15) is 13.2 Å². The second kappa shape index (κ2) is 7.04. The lowest BCUT2D eigenvalue weighted by atomic mass is 9.98. The molecule has 2 N–H and O–H groups in total. The number of hydrogen-bond donors (Lipinski definition) is 1. The van der Waals surface area contributed by atoms with Gasteiger partial charge in [0.1, 0.15) is 5.82 Å². The molecule has 2 nitrogen and oxygen atoms in total. The number of benzene rings is 1. The Morgan fingerprint density at radius 3 is 2.15 bits per heavy atom. The van der Waals surface area contributed by atoms with E-state index in [9.17, 15) is 17.6 Å². The maximum Gasteiger partial charge on any atom is 0.401 e. The van der Waals surface area contributed by atoms with Gasteiger partial charge < -0.3 is 5.73 Å². The molecular weight excluding hydrogens is 272 g/mol. The third kappa shape index (κ3) is 5.09. The van der Waals surface area contributed by atoms with E-state index in [-0.39, 0.29) is 6.54 Å². The molecule has 20 heavy (non-hydrogen) atoms. The molecule has 114 valence electrons. The molecule has 6 heteroatoms. The first-order chi connectivity index (χ1) is 9.24. The third-order valence-electron chi connectivity index (χ3n) is 3.00. The summed E-state index contributed by atoms with van der Waals surface area (Å²) in [5.41, 5.74) is 6.45. The van der Waals surface area contributed by atoms with E-state index in [2.05, 4.69) is 0 Å². The molecule has 1 aromatic carbocycles. The van der Waals surface area contributed by atoms with E-state index < -0.39 is 30.6 Å². The lowest BCUT2D eigenvalue weighted by Gasteiger charge is -2.35. The zero-order chi connectivity index (χ0) is 15.3. The molecule has 1 aromatic rings. The molecular formula is C14H20F4N2. The summed E-state index contributed by atoms with van der Waals surface area (Å²) >= 11 is 0. The minimum absolute atomic E-state index is 0.281. The minimum atomic E-state index is -4.29. The van der Waals surface area contributed by atoms with Gasteiger partial charge in [-0.3, -0.25) is 4.90 Å². The number of nitrogens with zero attached hydrogens (tertiary/aromatic N) is 1. The Balaban J connectivity index is 3.04. The fourth-order valence-electron chi connectivity index (χ4n) is 2.34. The summed E-state index contributed by atoms with van der Waals surface area (Å²) in [5.74, 6) is -0.421. The van der Waals surface area contributed by atoms with Crippen LogP contribution in [0.5, 0.6) is 0 Å². The maximum atomic E-state index is 12.9. The van der Waals surface area contributed by atoms with Crippen molar-refractivity contribution in [1.82, 2.24) is 4.90 Å². The molecule has 0 radical (unpaired) electrons. The largest absolute Gasteiger partial charge is 0.401 e. The summed E-state index contributed by atoms with van der Waals surface area (Å²) < 4.78 is 51.0. The first-order valence-corrected chi connectivity index (χ1v) is 6.56. The Morgan fingerprint density at radius 1 is 1.20 bits per heavy atom. The lowest BCUT2D eigenvalue weighted by molar-refractivity contribution is -0.152. The molecule has 0 saturated heterocycles. The highest BCUT2D eigenvalue weighted by Gasteiger charge is 2.35. The monoisotopic (exact) mass is 292 g/mol. The van der Waals surface area contributed by atoms with Crippen LogP contribution >= 0.6 is 0 Å².